The first-order valence-electron chi connectivity index (χ1n) is 10.0. The Bertz CT molecular complexity index is 1030. The number of nitrogens with zero attached hydrogens (tertiary/aromatic N) is 1. The maximum Gasteiger partial charge on any atom is 0.247 e. The molecule has 0 aliphatic heterocycles. The average Bonchev–Trinajstić information content (AvgIpc) is 2.68. The number of nitrogens with one attached hydrogen (secondary N) is 1. The van der Waals surface area contributed by atoms with Crippen LogP contribution in [0.1, 0.15) is 47.7 Å². The molecule has 0 radical (unpaired) electrons. The highest BCUT2D eigenvalue weighted by Crippen LogP contribution is 2.28. The monoisotopic (exact) mass is 432 g/mol. The van der Waals surface area contributed by atoms with Gasteiger partial charge in [-0.3, -0.25) is 4.79 Å². The van der Waals surface area contributed by atoms with Gasteiger partial charge < -0.3 is 10.1 Å². The van der Waals surface area contributed by atoms with Gasteiger partial charge in [0.15, 0.2) is 0 Å². The highest BCUT2D eigenvalue weighted by atomic mass is 32.2. The fourth-order valence-electron chi connectivity index (χ4n) is 3.47. The molecule has 1 amide bonds. The molecule has 164 valence electrons. The maximum atomic E-state index is 13.2. The van der Waals surface area contributed by atoms with Crippen molar-refractivity contribution in [2.75, 3.05) is 20.2 Å². The van der Waals surface area contributed by atoms with Crippen LogP contribution < -0.4 is 10.1 Å². The third-order valence-electron chi connectivity index (χ3n) is 5.34. The molecule has 0 aliphatic rings. The van der Waals surface area contributed by atoms with E-state index in [9.17, 15) is 13.2 Å². The van der Waals surface area contributed by atoms with Gasteiger partial charge in [-0.2, -0.15) is 4.31 Å². The van der Waals surface area contributed by atoms with Crippen molar-refractivity contribution in [1.82, 2.24) is 9.62 Å². The number of ether oxygens (including phenoxy) is 1. The third kappa shape index (κ3) is 5.21. The average molecular weight is 433 g/mol. The van der Waals surface area contributed by atoms with Gasteiger partial charge >= 0.3 is 0 Å². The summed E-state index contributed by atoms with van der Waals surface area (Å²) in [7, 11) is -2.45. The number of hydrogen-bond acceptors (Lipinski definition) is 4. The number of carbonyl (C=O) groups excluding carboxylic acids is 1. The molecule has 7 heteroatoms. The Morgan fingerprint density at radius 1 is 1.07 bits per heavy atom. The summed E-state index contributed by atoms with van der Waals surface area (Å²) in [4.78, 5) is 12.8. The first kappa shape index (κ1) is 23.9. The van der Waals surface area contributed by atoms with Crippen LogP contribution in [-0.2, 0) is 14.8 Å². The van der Waals surface area contributed by atoms with E-state index in [-0.39, 0.29) is 35.7 Å². The summed E-state index contributed by atoms with van der Waals surface area (Å²) in [6.07, 6.45) is 0. The smallest absolute Gasteiger partial charge is 0.247 e. The van der Waals surface area contributed by atoms with Crippen molar-refractivity contribution in [3.05, 3.63) is 58.1 Å². The fourth-order valence-corrected chi connectivity index (χ4v) is 5.11. The fraction of sp³-hybridized carbons (Fsp3) is 0.435. The zero-order valence-corrected chi connectivity index (χ0v) is 19.7. The van der Waals surface area contributed by atoms with Crippen LogP contribution in [0.2, 0.25) is 0 Å². The van der Waals surface area contributed by atoms with E-state index in [2.05, 4.69) is 24.4 Å². The molecule has 0 bridgehead atoms. The van der Waals surface area contributed by atoms with Crippen LogP contribution in [0.3, 0.4) is 0 Å². The molecule has 0 aliphatic carbocycles. The number of rotatable bonds is 8. The minimum atomic E-state index is -3.88. The molecule has 0 heterocycles. The number of sulfonamides is 1. The molecule has 0 fully saturated rings. The van der Waals surface area contributed by atoms with Crippen LogP contribution in [0.4, 0.5) is 0 Å². The summed E-state index contributed by atoms with van der Waals surface area (Å²) in [5.74, 6) is -0.0873. The van der Waals surface area contributed by atoms with E-state index in [0.717, 1.165) is 22.3 Å². The lowest BCUT2D eigenvalue weighted by Gasteiger charge is -2.23. The van der Waals surface area contributed by atoms with Gasteiger partial charge in [0.1, 0.15) is 10.6 Å². The summed E-state index contributed by atoms with van der Waals surface area (Å²) in [5, 5.41) is 2.94. The van der Waals surface area contributed by atoms with Crippen LogP contribution >= 0.6 is 0 Å². The van der Waals surface area contributed by atoms with Crippen LogP contribution in [-0.4, -0.2) is 38.8 Å². The Balaban J connectivity index is 2.22. The summed E-state index contributed by atoms with van der Waals surface area (Å²) < 4.78 is 32.8. The van der Waals surface area contributed by atoms with Gasteiger partial charge in [0.2, 0.25) is 15.9 Å². The Morgan fingerprint density at radius 2 is 1.70 bits per heavy atom. The number of benzene rings is 2. The van der Waals surface area contributed by atoms with E-state index in [1.165, 1.54) is 17.0 Å². The van der Waals surface area contributed by atoms with E-state index in [1.807, 2.05) is 27.7 Å². The number of aryl methyl sites for hydroxylation is 4. The van der Waals surface area contributed by atoms with E-state index in [4.69, 9.17) is 4.74 Å². The normalized spacial score (nSPS) is 12.7. The molecule has 0 saturated carbocycles. The number of amides is 1. The van der Waals surface area contributed by atoms with Crippen molar-refractivity contribution >= 4 is 15.9 Å². The van der Waals surface area contributed by atoms with Crippen molar-refractivity contribution in [1.29, 1.82) is 0 Å². The number of carbonyl (C=O) groups is 1. The highest BCUT2D eigenvalue weighted by Gasteiger charge is 2.29. The van der Waals surface area contributed by atoms with Crippen LogP contribution in [0.5, 0.6) is 5.75 Å². The first-order valence-corrected chi connectivity index (χ1v) is 11.5. The quantitative estimate of drug-likeness (QED) is 0.688. The molecule has 1 unspecified atom stereocenters. The van der Waals surface area contributed by atoms with Crippen molar-refractivity contribution < 1.29 is 17.9 Å². The van der Waals surface area contributed by atoms with Crippen molar-refractivity contribution in [2.24, 2.45) is 0 Å². The summed E-state index contributed by atoms with van der Waals surface area (Å²) in [6, 6.07) is 8.92. The Hall–Kier alpha value is -2.38. The Morgan fingerprint density at radius 3 is 2.30 bits per heavy atom. The van der Waals surface area contributed by atoms with Gasteiger partial charge in [-0.15, -0.1) is 0 Å². The predicted octanol–water partition coefficient (Wildman–Crippen LogP) is 3.82. The van der Waals surface area contributed by atoms with Crippen molar-refractivity contribution in [2.45, 2.75) is 52.5 Å². The minimum Gasteiger partial charge on any atom is -0.495 e. The predicted molar refractivity (Wildman–Crippen MR) is 119 cm³/mol. The second-order valence-electron chi connectivity index (χ2n) is 7.67. The summed E-state index contributed by atoms with van der Waals surface area (Å²) in [5.41, 5.74) is 5.27. The lowest BCUT2D eigenvalue weighted by atomic mass is 9.96. The van der Waals surface area contributed by atoms with Crippen LogP contribution in [0.15, 0.2) is 35.2 Å². The van der Waals surface area contributed by atoms with E-state index in [0.29, 0.717) is 0 Å². The van der Waals surface area contributed by atoms with Crippen molar-refractivity contribution in [3.8, 4) is 5.75 Å². The zero-order valence-electron chi connectivity index (χ0n) is 18.9. The molecular formula is C23H32N2O4S. The largest absolute Gasteiger partial charge is 0.495 e. The molecule has 2 aromatic rings. The molecule has 0 aromatic heterocycles. The highest BCUT2D eigenvalue weighted by molar-refractivity contribution is 7.89. The second kappa shape index (κ2) is 9.62. The van der Waals surface area contributed by atoms with Gasteiger partial charge in [-0.1, -0.05) is 25.1 Å². The van der Waals surface area contributed by atoms with Gasteiger partial charge in [0, 0.05) is 6.54 Å². The number of methoxy groups -OCH3 is 1. The molecule has 0 spiro atoms. The van der Waals surface area contributed by atoms with Crippen LogP contribution in [0, 0.1) is 27.7 Å². The van der Waals surface area contributed by atoms with E-state index < -0.39 is 10.0 Å². The summed E-state index contributed by atoms with van der Waals surface area (Å²) >= 11 is 0. The molecule has 2 rings (SSSR count). The molecule has 6 nitrogen and oxygen atoms in total. The van der Waals surface area contributed by atoms with Gasteiger partial charge in [0.25, 0.3) is 0 Å². The molecule has 1 atom stereocenters. The maximum absolute atomic E-state index is 13.2. The summed E-state index contributed by atoms with van der Waals surface area (Å²) in [6.45, 7) is 11.4. The lowest BCUT2D eigenvalue weighted by molar-refractivity contribution is -0.121. The lowest BCUT2D eigenvalue weighted by Crippen LogP contribution is -2.41. The molecular weight excluding hydrogens is 400 g/mol. The van der Waals surface area contributed by atoms with Gasteiger partial charge in [0.05, 0.1) is 19.7 Å². The van der Waals surface area contributed by atoms with Gasteiger partial charge in [-0.05, 0) is 74.6 Å². The van der Waals surface area contributed by atoms with E-state index in [1.54, 1.807) is 25.1 Å². The second-order valence-corrected chi connectivity index (χ2v) is 9.57. The molecule has 0 saturated heterocycles. The molecule has 1 N–H and O–H groups in total. The zero-order chi connectivity index (χ0) is 22.6. The van der Waals surface area contributed by atoms with E-state index >= 15 is 0 Å². The van der Waals surface area contributed by atoms with Crippen LogP contribution in [0.25, 0.3) is 0 Å². The van der Waals surface area contributed by atoms with Gasteiger partial charge in [-0.25, -0.2) is 8.42 Å². The first-order chi connectivity index (χ1) is 14.0. The standard InChI is InChI=1S/C23H32N2O4S/c1-8-25(30(27,28)22-11-15(2)9-10-21(22)29-7)14-23(26)24-19(6)20-13-17(4)16(3)12-18(20)5/h9-13,19H,8,14H2,1-7H3,(H,24,26). The Kier molecular flexibility index (Phi) is 7.66. The third-order valence-corrected chi connectivity index (χ3v) is 7.28. The van der Waals surface area contributed by atoms with Crippen molar-refractivity contribution in [3.63, 3.8) is 0 Å². The topological polar surface area (TPSA) is 75.7 Å². The molecule has 30 heavy (non-hydrogen) atoms. The number of hydrogen-bond donors (Lipinski definition) is 1. The SMILES string of the molecule is CCN(CC(=O)NC(C)c1cc(C)c(C)cc1C)S(=O)(=O)c1cc(C)ccc1OC. The minimum absolute atomic E-state index is 0.0673. The molecule has 2 aromatic carbocycles. The number of likely N-dealkylation sites (N-methyl/N-ethyl adjacent to an activating group) is 1. The Labute approximate surface area is 180 Å².